The number of hydrogen-bond donors (Lipinski definition) is 2. The second-order valence-electron chi connectivity index (χ2n) is 4.27. The van der Waals surface area contributed by atoms with E-state index in [0.29, 0.717) is 12.1 Å². The lowest BCUT2D eigenvalue weighted by Crippen LogP contribution is -2.27. The van der Waals surface area contributed by atoms with Crippen LogP contribution in [0.25, 0.3) is 0 Å². The van der Waals surface area contributed by atoms with Gasteiger partial charge in [-0.1, -0.05) is 12.1 Å². The first-order chi connectivity index (χ1) is 8.65. The quantitative estimate of drug-likeness (QED) is 0.830. The molecule has 3 N–H and O–H groups in total. The third kappa shape index (κ3) is 3.34. The summed E-state index contributed by atoms with van der Waals surface area (Å²) in [6, 6.07) is 9.48. The van der Waals surface area contributed by atoms with Crippen molar-refractivity contribution in [1.29, 1.82) is 0 Å². The minimum absolute atomic E-state index is 0.0132. The monoisotopic (exact) mass is 260 g/mol. The fourth-order valence-corrected chi connectivity index (χ4v) is 2.54. The van der Waals surface area contributed by atoms with Crippen molar-refractivity contribution in [1.82, 2.24) is 5.32 Å². The van der Waals surface area contributed by atoms with E-state index >= 15 is 0 Å². The van der Waals surface area contributed by atoms with Crippen LogP contribution in [0.5, 0.6) is 0 Å². The van der Waals surface area contributed by atoms with Gasteiger partial charge in [0.2, 0.25) is 5.91 Å². The van der Waals surface area contributed by atoms with Crippen molar-refractivity contribution in [3.8, 4) is 0 Å². The molecule has 3 nitrogen and oxygen atoms in total. The van der Waals surface area contributed by atoms with Gasteiger partial charge in [0.15, 0.2) is 0 Å². The zero-order chi connectivity index (χ0) is 13.0. The molecule has 0 radical (unpaired) electrons. The Morgan fingerprint density at radius 1 is 1.44 bits per heavy atom. The van der Waals surface area contributed by atoms with E-state index in [0.717, 1.165) is 11.1 Å². The molecule has 1 heterocycles. The van der Waals surface area contributed by atoms with Gasteiger partial charge in [-0.25, -0.2) is 0 Å². The van der Waals surface area contributed by atoms with Gasteiger partial charge in [-0.3, -0.25) is 4.79 Å². The Morgan fingerprint density at radius 2 is 2.28 bits per heavy atom. The van der Waals surface area contributed by atoms with Crippen molar-refractivity contribution in [2.75, 3.05) is 5.73 Å². The van der Waals surface area contributed by atoms with Gasteiger partial charge in [0.25, 0.3) is 0 Å². The topological polar surface area (TPSA) is 55.1 Å². The van der Waals surface area contributed by atoms with Crippen LogP contribution in [0.15, 0.2) is 41.1 Å². The van der Waals surface area contributed by atoms with Gasteiger partial charge in [-0.15, -0.1) is 0 Å². The molecule has 94 valence electrons. The van der Waals surface area contributed by atoms with Crippen LogP contribution in [0, 0.1) is 0 Å². The van der Waals surface area contributed by atoms with E-state index < -0.39 is 0 Å². The summed E-state index contributed by atoms with van der Waals surface area (Å²) in [5.41, 5.74) is 8.44. The van der Waals surface area contributed by atoms with Crippen LogP contribution in [-0.4, -0.2) is 5.91 Å². The fourth-order valence-electron chi connectivity index (χ4n) is 1.79. The van der Waals surface area contributed by atoms with Crippen LogP contribution in [0.3, 0.4) is 0 Å². The number of nitrogens with one attached hydrogen (secondary N) is 1. The molecule has 0 fully saturated rings. The number of nitrogen functional groups attached to an aromatic ring is 1. The van der Waals surface area contributed by atoms with Crippen LogP contribution in [0.4, 0.5) is 5.69 Å². The Balaban J connectivity index is 1.93. The Morgan fingerprint density at radius 3 is 2.94 bits per heavy atom. The van der Waals surface area contributed by atoms with Crippen molar-refractivity contribution in [3.05, 3.63) is 52.2 Å². The van der Waals surface area contributed by atoms with Gasteiger partial charge in [0.1, 0.15) is 0 Å². The van der Waals surface area contributed by atoms with Crippen LogP contribution in [-0.2, 0) is 11.2 Å². The van der Waals surface area contributed by atoms with E-state index in [1.54, 1.807) is 11.3 Å². The average Bonchev–Trinajstić information content (AvgIpc) is 2.81. The lowest BCUT2D eigenvalue weighted by Gasteiger charge is -2.12. The van der Waals surface area contributed by atoms with E-state index in [-0.39, 0.29) is 11.9 Å². The van der Waals surface area contributed by atoms with E-state index in [1.165, 1.54) is 0 Å². The second-order valence-corrected chi connectivity index (χ2v) is 5.05. The predicted octanol–water partition coefficient (Wildman–Crippen LogP) is 2.75. The number of carbonyl (C=O) groups excluding carboxylic acids is 1. The van der Waals surface area contributed by atoms with Gasteiger partial charge in [0.05, 0.1) is 12.5 Å². The second kappa shape index (κ2) is 5.69. The summed E-state index contributed by atoms with van der Waals surface area (Å²) in [4.78, 5) is 11.9. The molecular formula is C14H16N2OS. The SMILES string of the molecule is CC(NC(=O)Cc1cccc(N)c1)c1ccsc1. The van der Waals surface area contributed by atoms with Crippen molar-refractivity contribution in [2.45, 2.75) is 19.4 Å². The Labute approximate surface area is 111 Å². The maximum atomic E-state index is 11.9. The number of hydrogen-bond acceptors (Lipinski definition) is 3. The number of benzene rings is 1. The molecule has 1 amide bonds. The van der Waals surface area contributed by atoms with E-state index in [2.05, 4.69) is 5.32 Å². The molecule has 1 atom stereocenters. The summed E-state index contributed by atoms with van der Waals surface area (Å²) in [6.45, 7) is 1.99. The number of rotatable bonds is 4. The first-order valence-electron chi connectivity index (χ1n) is 5.81. The minimum atomic E-state index is 0.0132. The van der Waals surface area contributed by atoms with E-state index in [1.807, 2.05) is 48.0 Å². The molecule has 2 rings (SSSR count). The zero-order valence-corrected chi connectivity index (χ0v) is 11.0. The standard InChI is InChI=1S/C14H16N2OS/c1-10(12-5-6-18-9-12)16-14(17)8-11-3-2-4-13(15)7-11/h2-7,9-10H,8,15H2,1H3,(H,16,17). The number of carbonyl (C=O) groups is 1. The third-order valence-electron chi connectivity index (χ3n) is 2.74. The molecule has 0 saturated carbocycles. The summed E-state index contributed by atoms with van der Waals surface area (Å²) in [5, 5.41) is 7.03. The molecule has 0 aliphatic carbocycles. The fraction of sp³-hybridized carbons (Fsp3) is 0.214. The Hall–Kier alpha value is -1.81. The van der Waals surface area contributed by atoms with E-state index in [4.69, 9.17) is 5.73 Å². The summed E-state index contributed by atoms with van der Waals surface area (Å²) >= 11 is 1.63. The van der Waals surface area contributed by atoms with E-state index in [9.17, 15) is 4.79 Å². The summed E-state index contributed by atoms with van der Waals surface area (Å²) in [6.07, 6.45) is 0.361. The van der Waals surface area contributed by atoms with Crippen molar-refractivity contribution in [2.24, 2.45) is 0 Å². The van der Waals surface area contributed by atoms with Crippen molar-refractivity contribution in [3.63, 3.8) is 0 Å². The van der Waals surface area contributed by atoms with Gasteiger partial charge in [-0.2, -0.15) is 11.3 Å². The highest BCUT2D eigenvalue weighted by atomic mass is 32.1. The maximum Gasteiger partial charge on any atom is 0.224 e. The first kappa shape index (κ1) is 12.6. The third-order valence-corrected chi connectivity index (χ3v) is 3.44. The van der Waals surface area contributed by atoms with Crippen LogP contribution in [0.2, 0.25) is 0 Å². The van der Waals surface area contributed by atoms with Gasteiger partial charge in [-0.05, 0) is 47.0 Å². The number of anilines is 1. The molecule has 0 saturated heterocycles. The van der Waals surface area contributed by atoms with Crippen molar-refractivity contribution >= 4 is 22.9 Å². The first-order valence-corrected chi connectivity index (χ1v) is 6.75. The minimum Gasteiger partial charge on any atom is -0.399 e. The summed E-state index contributed by atoms with van der Waals surface area (Å²) in [5.74, 6) is 0.0132. The molecule has 1 unspecified atom stereocenters. The Bertz CT molecular complexity index is 522. The number of amides is 1. The van der Waals surface area contributed by atoms with Crippen LogP contribution in [0.1, 0.15) is 24.1 Å². The highest BCUT2D eigenvalue weighted by Gasteiger charge is 2.10. The largest absolute Gasteiger partial charge is 0.399 e. The van der Waals surface area contributed by atoms with Gasteiger partial charge in [0, 0.05) is 5.69 Å². The van der Waals surface area contributed by atoms with Gasteiger partial charge >= 0.3 is 0 Å². The maximum absolute atomic E-state index is 11.9. The summed E-state index contributed by atoms with van der Waals surface area (Å²) < 4.78 is 0. The highest BCUT2D eigenvalue weighted by Crippen LogP contribution is 2.16. The zero-order valence-electron chi connectivity index (χ0n) is 10.2. The van der Waals surface area contributed by atoms with Crippen LogP contribution < -0.4 is 11.1 Å². The van der Waals surface area contributed by atoms with Crippen LogP contribution >= 0.6 is 11.3 Å². The molecule has 1 aromatic carbocycles. The molecule has 2 aromatic rings. The molecule has 18 heavy (non-hydrogen) atoms. The number of nitrogens with two attached hydrogens (primary N) is 1. The predicted molar refractivity (Wildman–Crippen MR) is 75.4 cm³/mol. The average molecular weight is 260 g/mol. The molecule has 0 aliphatic heterocycles. The molecule has 0 spiro atoms. The normalized spacial score (nSPS) is 12.1. The number of thiophene rings is 1. The summed E-state index contributed by atoms with van der Waals surface area (Å²) in [7, 11) is 0. The highest BCUT2D eigenvalue weighted by molar-refractivity contribution is 7.07. The Kier molecular flexibility index (Phi) is 3.99. The van der Waals surface area contributed by atoms with Crippen molar-refractivity contribution < 1.29 is 4.79 Å². The molecule has 1 aromatic heterocycles. The molecular weight excluding hydrogens is 244 g/mol. The smallest absolute Gasteiger partial charge is 0.224 e. The van der Waals surface area contributed by atoms with Gasteiger partial charge < -0.3 is 11.1 Å². The lowest BCUT2D eigenvalue weighted by atomic mass is 10.1. The lowest BCUT2D eigenvalue weighted by molar-refractivity contribution is -0.121. The molecule has 4 heteroatoms. The molecule has 0 bridgehead atoms. The molecule has 0 aliphatic rings.